The van der Waals surface area contributed by atoms with Crippen LogP contribution in [0.15, 0.2) is 36.4 Å². The topological polar surface area (TPSA) is 51.2 Å². The molecule has 5 heteroatoms. The Morgan fingerprint density at radius 3 is 2.25 bits per heavy atom. The van der Waals surface area contributed by atoms with Gasteiger partial charge in [-0.05, 0) is 47.0 Å². The second-order valence-electron chi connectivity index (χ2n) is 4.37. The number of carbonyl (C=O) groups is 3. The molecule has 0 saturated heterocycles. The Morgan fingerprint density at radius 1 is 0.850 bits per heavy atom. The molecule has 3 rings (SSSR count). The van der Waals surface area contributed by atoms with Gasteiger partial charge in [-0.15, -0.1) is 0 Å². The van der Waals surface area contributed by atoms with E-state index in [-0.39, 0.29) is 16.9 Å². The molecule has 0 unspecified atom stereocenters. The Hall–Kier alpha value is -1.97. The van der Waals surface area contributed by atoms with Crippen LogP contribution in [0.3, 0.4) is 0 Å². The van der Waals surface area contributed by atoms with Gasteiger partial charge in [0.15, 0.2) is 5.78 Å². The van der Waals surface area contributed by atoms with Crippen LogP contribution >= 0.6 is 23.2 Å². The van der Waals surface area contributed by atoms with Crippen molar-refractivity contribution in [2.45, 2.75) is 0 Å². The van der Waals surface area contributed by atoms with E-state index in [1.807, 2.05) is 0 Å². The normalized spacial score (nSPS) is 12.0. The lowest BCUT2D eigenvalue weighted by Gasteiger charge is -2.04. The van der Waals surface area contributed by atoms with Crippen LogP contribution in [0.4, 0.5) is 0 Å². The average molecular weight is 305 g/mol. The van der Waals surface area contributed by atoms with E-state index < -0.39 is 10.5 Å². The van der Waals surface area contributed by atoms with Crippen LogP contribution in [0, 0.1) is 0 Å². The Labute approximate surface area is 124 Å². The third-order valence-electron chi connectivity index (χ3n) is 3.28. The summed E-state index contributed by atoms with van der Waals surface area (Å²) in [5, 5.41) is -1.26. The summed E-state index contributed by atoms with van der Waals surface area (Å²) in [6, 6.07) is 9.37. The third-order valence-corrected chi connectivity index (χ3v) is 3.70. The lowest BCUT2D eigenvalue weighted by atomic mass is 9.99. The van der Waals surface area contributed by atoms with Crippen molar-refractivity contribution in [1.82, 2.24) is 0 Å². The van der Waals surface area contributed by atoms with Gasteiger partial charge < -0.3 is 0 Å². The number of carbonyl (C=O) groups excluding carboxylic acids is 3. The summed E-state index contributed by atoms with van der Waals surface area (Å²) in [7, 11) is 0. The second-order valence-corrected chi connectivity index (χ2v) is 5.05. The van der Waals surface area contributed by atoms with Gasteiger partial charge in [0.05, 0.1) is 0 Å². The van der Waals surface area contributed by atoms with Gasteiger partial charge in [-0.1, -0.05) is 18.2 Å². The van der Waals surface area contributed by atoms with Crippen LogP contribution in [0.2, 0.25) is 0 Å². The minimum atomic E-state index is -0.634. The highest BCUT2D eigenvalue weighted by atomic mass is 35.5. The van der Waals surface area contributed by atoms with E-state index >= 15 is 0 Å². The highest BCUT2D eigenvalue weighted by molar-refractivity contribution is 6.68. The summed E-state index contributed by atoms with van der Waals surface area (Å²) < 4.78 is 0. The van der Waals surface area contributed by atoms with Crippen molar-refractivity contribution in [3.8, 4) is 11.1 Å². The predicted octanol–water partition coefficient (Wildman–Crippen LogP) is 3.66. The molecule has 0 saturated carbocycles. The molecule has 98 valence electrons. The Kier molecular flexibility index (Phi) is 2.96. The molecule has 0 atom stereocenters. The molecule has 2 aromatic rings. The molecule has 0 spiro atoms. The quantitative estimate of drug-likeness (QED) is 0.679. The maximum atomic E-state index is 12.3. The lowest BCUT2D eigenvalue weighted by Crippen LogP contribution is -1.98. The first-order valence-corrected chi connectivity index (χ1v) is 6.48. The summed E-state index contributed by atoms with van der Waals surface area (Å²) in [6.45, 7) is 0. The smallest absolute Gasteiger partial charge is 0.253 e. The molecule has 1 aliphatic rings. The van der Waals surface area contributed by atoms with Crippen molar-refractivity contribution in [3.63, 3.8) is 0 Å². The van der Waals surface area contributed by atoms with Crippen LogP contribution < -0.4 is 0 Å². The van der Waals surface area contributed by atoms with Crippen LogP contribution in [0.25, 0.3) is 11.1 Å². The number of benzene rings is 2. The molecule has 1 aliphatic carbocycles. The van der Waals surface area contributed by atoms with Gasteiger partial charge in [-0.2, -0.15) is 0 Å². The number of halogens is 2. The fourth-order valence-corrected chi connectivity index (χ4v) is 2.69. The van der Waals surface area contributed by atoms with E-state index in [0.29, 0.717) is 22.3 Å². The molecule has 0 radical (unpaired) electrons. The summed E-state index contributed by atoms with van der Waals surface area (Å²) >= 11 is 11.0. The van der Waals surface area contributed by atoms with Crippen molar-refractivity contribution in [2.24, 2.45) is 0 Å². The molecular formula is C15H6Cl2O3. The minimum absolute atomic E-state index is 0.241. The highest BCUT2D eigenvalue weighted by Crippen LogP contribution is 2.39. The molecule has 0 bridgehead atoms. The van der Waals surface area contributed by atoms with E-state index in [2.05, 4.69) is 0 Å². The molecule has 2 aromatic carbocycles. The maximum Gasteiger partial charge on any atom is 0.253 e. The van der Waals surface area contributed by atoms with E-state index in [1.54, 1.807) is 24.3 Å². The van der Waals surface area contributed by atoms with E-state index in [9.17, 15) is 14.4 Å². The zero-order valence-electron chi connectivity index (χ0n) is 9.94. The minimum Gasteiger partial charge on any atom is -0.289 e. The largest absolute Gasteiger partial charge is 0.289 e. The van der Waals surface area contributed by atoms with Gasteiger partial charge in [0.1, 0.15) is 0 Å². The Balaban J connectivity index is 2.32. The van der Waals surface area contributed by atoms with Crippen molar-refractivity contribution >= 4 is 39.5 Å². The van der Waals surface area contributed by atoms with Crippen molar-refractivity contribution in [3.05, 3.63) is 58.7 Å². The van der Waals surface area contributed by atoms with Gasteiger partial charge in [0, 0.05) is 27.8 Å². The molecule has 0 N–H and O–H groups in total. The second kappa shape index (κ2) is 4.54. The van der Waals surface area contributed by atoms with Crippen molar-refractivity contribution in [2.75, 3.05) is 0 Å². The molecule has 3 nitrogen and oxygen atoms in total. The summed E-state index contributed by atoms with van der Waals surface area (Å²) in [5.74, 6) is -0.241. The first-order chi connectivity index (χ1) is 9.50. The molecule has 0 fully saturated rings. The number of ketones is 1. The molecule has 0 heterocycles. The molecule has 20 heavy (non-hydrogen) atoms. The average Bonchev–Trinajstić information content (AvgIpc) is 2.72. The van der Waals surface area contributed by atoms with Crippen molar-refractivity contribution < 1.29 is 14.4 Å². The van der Waals surface area contributed by atoms with Crippen LogP contribution in [0.5, 0.6) is 0 Å². The first-order valence-electron chi connectivity index (χ1n) is 5.72. The van der Waals surface area contributed by atoms with Gasteiger partial charge in [0.25, 0.3) is 10.5 Å². The number of hydrogen-bond acceptors (Lipinski definition) is 3. The fourth-order valence-electron chi connectivity index (χ4n) is 2.41. The van der Waals surface area contributed by atoms with Gasteiger partial charge in [0.2, 0.25) is 0 Å². The van der Waals surface area contributed by atoms with E-state index in [0.717, 1.165) is 0 Å². The van der Waals surface area contributed by atoms with Crippen LogP contribution in [-0.4, -0.2) is 16.3 Å². The monoisotopic (exact) mass is 304 g/mol. The third kappa shape index (κ3) is 1.79. The fraction of sp³-hybridized carbons (Fsp3) is 0. The van der Waals surface area contributed by atoms with Crippen molar-refractivity contribution in [1.29, 1.82) is 0 Å². The van der Waals surface area contributed by atoms with Gasteiger partial charge >= 0.3 is 0 Å². The number of fused-ring (bicyclic) bond motifs is 3. The number of rotatable bonds is 2. The number of hydrogen-bond donors (Lipinski definition) is 0. The zero-order chi connectivity index (χ0) is 14.4. The summed E-state index contributed by atoms with van der Waals surface area (Å²) in [4.78, 5) is 35.0. The summed E-state index contributed by atoms with van der Waals surface area (Å²) in [5.41, 5.74) is 2.39. The molecule has 0 amide bonds. The standard InChI is InChI=1S/C15H6Cl2O3/c16-14(19)7-4-5-8-11(6-7)13(18)9-2-1-3-10(12(8)9)15(17)20/h1-6H. The van der Waals surface area contributed by atoms with Crippen LogP contribution in [0.1, 0.15) is 36.6 Å². The zero-order valence-corrected chi connectivity index (χ0v) is 11.5. The van der Waals surface area contributed by atoms with Gasteiger partial charge in [-0.3, -0.25) is 14.4 Å². The SMILES string of the molecule is O=C(Cl)c1ccc2c(c1)C(=O)c1cccc(C(=O)Cl)c1-2. The Bertz CT molecular complexity index is 794. The Morgan fingerprint density at radius 2 is 1.60 bits per heavy atom. The summed E-state index contributed by atoms with van der Waals surface area (Å²) in [6.07, 6.45) is 0. The van der Waals surface area contributed by atoms with Gasteiger partial charge in [-0.25, -0.2) is 0 Å². The first kappa shape index (κ1) is 13.0. The highest BCUT2D eigenvalue weighted by Gasteiger charge is 2.30. The lowest BCUT2D eigenvalue weighted by molar-refractivity contribution is 0.104. The van der Waals surface area contributed by atoms with Crippen LogP contribution in [-0.2, 0) is 0 Å². The molecule has 0 aromatic heterocycles. The maximum absolute atomic E-state index is 12.3. The van der Waals surface area contributed by atoms with E-state index in [1.165, 1.54) is 12.1 Å². The predicted molar refractivity (Wildman–Crippen MR) is 75.7 cm³/mol. The van der Waals surface area contributed by atoms with E-state index in [4.69, 9.17) is 23.2 Å². The molecule has 0 aliphatic heterocycles. The molecular weight excluding hydrogens is 299 g/mol.